The summed E-state index contributed by atoms with van der Waals surface area (Å²) in [7, 11) is 0. The molecule has 15 heavy (non-hydrogen) atoms. The van der Waals surface area contributed by atoms with E-state index in [-0.39, 0.29) is 0 Å². The van der Waals surface area contributed by atoms with Crippen LogP contribution in [0.3, 0.4) is 0 Å². The van der Waals surface area contributed by atoms with Crippen LogP contribution >= 0.6 is 0 Å². The molecule has 0 aromatic carbocycles. The van der Waals surface area contributed by atoms with Gasteiger partial charge >= 0.3 is 0 Å². The first kappa shape index (κ1) is 11.4. The Hall–Kier alpha value is -0.0400. The number of hydrogen-bond donors (Lipinski definition) is 1. The van der Waals surface area contributed by atoms with Crippen LogP contribution in [0.2, 0.25) is 0 Å². The molecule has 0 aromatic rings. The van der Waals surface area contributed by atoms with Crippen molar-refractivity contribution < 1.29 is 5.11 Å². The molecule has 2 bridgehead atoms. The normalized spacial score (nSPS) is 40.4. The van der Waals surface area contributed by atoms with Gasteiger partial charge in [-0.25, -0.2) is 0 Å². The second kappa shape index (κ2) is 3.76. The molecule has 0 aliphatic heterocycles. The largest absolute Gasteiger partial charge is 0.390 e. The summed E-state index contributed by atoms with van der Waals surface area (Å²) in [6, 6.07) is 0. The van der Waals surface area contributed by atoms with Crippen molar-refractivity contribution in [3.05, 3.63) is 0 Å². The van der Waals surface area contributed by atoms with Gasteiger partial charge in [-0.3, -0.25) is 0 Å². The van der Waals surface area contributed by atoms with Gasteiger partial charge in [-0.2, -0.15) is 0 Å². The van der Waals surface area contributed by atoms with Crippen LogP contribution in [0.1, 0.15) is 53.4 Å². The molecular weight excluding hydrogens is 184 g/mol. The first-order chi connectivity index (χ1) is 6.89. The molecule has 88 valence electrons. The fourth-order valence-corrected chi connectivity index (χ4v) is 4.39. The summed E-state index contributed by atoms with van der Waals surface area (Å²) >= 11 is 0. The van der Waals surface area contributed by atoms with E-state index < -0.39 is 5.60 Å². The minimum Gasteiger partial charge on any atom is -0.390 e. The highest BCUT2D eigenvalue weighted by atomic mass is 16.3. The highest BCUT2D eigenvalue weighted by molar-refractivity contribution is 5.01. The van der Waals surface area contributed by atoms with Crippen LogP contribution in [0.5, 0.6) is 0 Å². The zero-order valence-electron chi connectivity index (χ0n) is 10.7. The SMILES string of the molecule is CC(C)CC1C2CCC(C2)C1C(C)(C)O. The van der Waals surface area contributed by atoms with Crippen LogP contribution in [-0.4, -0.2) is 10.7 Å². The average molecular weight is 210 g/mol. The first-order valence-electron chi connectivity index (χ1n) is 6.62. The van der Waals surface area contributed by atoms with E-state index in [1.165, 1.54) is 25.7 Å². The lowest BCUT2D eigenvalue weighted by atomic mass is 9.69. The molecule has 0 spiro atoms. The Balaban J connectivity index is 2.13. The Morgan fingerprint density at radius 2 is 1.80 bits per heavy atom. The van der Waals surface area contributed by atoms with Crippen LogP contribution < -0.4 is 0 Å². The van der Waals surface area contributed by atoms with Crippen molar-refractivity contribution in [2.45, 2.75) is 59.0 Å². The molecular formula is C14H26O. The summed E-state index contributed by atoms with van der Waals surface area (Å²) in [4.78, 5) is 0. The van der Waals surface area contributed by atoms with Gasteiger partial charge in [0.1, 0.15) is 0 Å². The van der Waals surface area contributed by atoms with Crippen LogP contribution in [-0.2, 0) is 0 Å². The maximum atomic E-state index is 10.3. The second-order valence-electron chi connectivity index (χ2n) is 6.81. The van der Waals surface area contributed by atoms with Gasteiger partial charge in [-0.1, -0.05) is 13.8 Å². The van der Waals surface area contributed by atoms with Gasteiger partial charge in [0.05, 0.1) is 5.60 Å². The van der Waals surface area contributed by atoms with E-state index in [1.807, 2.05) is 13.8 Å². The molecule has 2 aliphatic carbocycles. The molecule has 0 aromatic heterocycles. The molecule has 2 aliphatic rings. The van der Waals surface area contributed by atoms with Gasteiger partial charge in [0.25, 0.3) is 0 Å². The number of fused-ring (bicyclic) bond motifs is 2. The summed E-state index contributed by atoms with van der Waals surface area (Å²) in [6.45, 7) is 8.66. The molecule has 4 unspecified atom stereocenters. The smallest absolute Gasteiger partial charge is 0.0625 e. The minimum absolute atomic E-state index is 0.459. The fraction of sp³-hybridized carbons (Fsp3) is 1.00. The van der Waals surface area contributed by atoms with Gasteiger partial charge in [-0.05, 0) is 69.1 Å². The molecule has 0 saturated heterocycles. The van der Waals surface area contributed by atoms with Crippen molar-refractivity contribution in [3.63, 3.8) is 0 Å². The van der Waals surface area contributed by atoms with E-state index >= 15 is 0 Å². The van der Waals surface area contributed by atoms with Crippen LogP contribution in [0.4, 0.5) is 0 Å². The van der Waals surface area contributed by atoms with E-state index in [0.717, 1.165) is 23.7 Å². The van der Waals surface area contributed by atoms with Crippen molar-refractivity contribution in [1.29, 1.82) is 0 Å². The minimum atomic E-state index is -0.459. The molecule has 1 N–H and O–H groups in total. The van der Waals surface area contributed by atoms with Crippen molar-refractivity contribution >= 4 is 0 Å². The summed E-state index contributed by atoms with van der Waals surface area (Å²) in [5, 5.41) is 10.3. The highest BCUT2D eigenvalue weighted by Gasteiger charge is 2.52. The van der Waals surface area contributed by atoms with E-state index in [2.05, 4.69) is 13.8 Å². The quantitative estimate of drug-likeness (QED) is 0.756. The molecule has 0 amide bonds. The Morgan fingerprint density at radius 3 is 2.33 bits per heavy atom. The highest BCUT2D eigenvalue weighted by Crippen LogP contribution is 2.57. The Labute approximate surface area is 94.3 Å². The number of aliphatic hydroxyl groups is 1. The second-order valence-corrected chi connectivity index (χ2v) is 6.81. The van der Waals surface area contributed by atoms with Crippen LogP contribution in [0, 0.1) is 29.6 Å². The van der Waals surface area contributed by atoms with Crippen LogP contribution in [0.25, 0.3) is 0 Å². The maximum absolute atomic E-state index is 10.3. The molecule has 0 radical (unpaired) electrons. The first-order valence-corrected chi connectivity index (χ1v) is 6.62. The average Bonchev–Trinajstić information content (AvgIpc) is 2.59. The lowest BCUT2D eigenvalue weighted by molar-refractivity contribution is -0.0385. The molecule has 1 nitrogen and oxygen atoms in total. The zero-order valence-corrected chi connectivity index (χ0v) is 10.7. The molecule has 0 heterocycles. The molecule has 1 heteroatoms. The van der Waals surface area contributed by atoms with Crippen LogP contribution in [0.15, 0.2) is 0 Å². The standard InChI is InChI=1S/C14H26O/c1-9(2)7-12-10-5-6-11(8-10)13(12)14(3,4)15/h9-13,15H,5-8H2,1-4H3. The van der Waals surface area contributed by atoms with E-state index in [0.29, 0.717) is 5.92 Å². The molecule has 2 saturated carbocycles. The monoisotopic (exact) mass is 210 g/mol. The Bertz CT molecular complexity index is 226. The summed E-state index contributed by atoms with van der Waals surface area (Å²) in [5.41, 5.74) is -0.459. The number of hydrogen-bond acceptors (Lipinski definition) is 1. The van der Waals surface area contributed by atoms with E-state index in [1.54, 1.807) is 0 Å². The predicted molar refractivity (Wildman–Crippen MR) is 63.6 cm³/mol. The van der Waals surface area contributed by atoms with E-state index in [4.69, 9.17) is 0 Å². The Morgan fingerprint density at radius 1 is 1.20 bits per heavy atom. The summed E-state index contributed by atoms with van der Waals surface area (Å²) in [6.07, 6.45) is 5.50. The predicted octanol–water partition coefficient (Wildman–Crippen LogP) is 3.47. The lowest BCUT2D eigenvalue weighted by Gasteiger charge is -2.39. The van der Waals surface area contributed by atoms with Gasteiger partial charge in [0.2, 0.25) is 0 Å². The summed E-state index contributed by atoms with van der Waals surface area (Å²) < 4.78 is 0. The summed E-state index contributed by atoms with van der Waals surface area (Å²) in [5.74, 6) is 3.88. The third-order valence-corrected chi connectivity index (χ3v) is 4.65. The maximum Gasteiger partial charge on any atom is 0.0625 e. The van der Waals surface area contributed by atoms with Gasteiger partial charge < -0.3 is 5.11 Å². The number of rotatable bonds is 3. The van der Waals surface area contributed by atoms with Crippen molar-refractivity contribution in [1.82, 2.24) is 0 Å². The third-order valence-electron chi connectivity index (χ3n) is 4.65. The lowest BCUT2D eigenvalue weighted by Crippen LogP contribution is -2.40. The fourth-order valence-electron chi connectivity index (χ4n) is 4.39. The topological polar surface area (TPSA) is 20.2 Å². The van der Waals surface area contributed by atoms with Crippen molar-refractivity contribution in [2.24, 2.45) is 29.6 Å². The Kier molecular flexibility index (Phi) is 2.87. The van der Waals surface area contributed by atoms with Crippen molar-refractivity contribution in [3.8, 4) is 0 Å². The molecule has 4 atom stereocenters. The van der Waals surface area contributed by atoms with Crippen molar-refractivity contribution in [2.75, 3.05) is 0 Å². The van der Waals surface area contributed by atoms with Gasteiger partial charge in [0.15, 0.2) is 0 Å². The molecule has 2 rings (SSSR count). The molecule has 2 fully saturated rings. The zero-order chi connectivity index (χ0) is 11.2. The van der Waals surface area contributed by atoms with Gasteiger partial charge in [-0.15, -0.1) is 0 Å². The van der Waals surface area contributed by atoms with E-state index in [9.17, 15) is 5.11 Å². The third kappa shape index (κ3) is 2.08. The van der Waals surface area contributed by atoms with Gasteiger partial charge in [0, 0.05) is 0 Å².